The van der Waals surface area contributed by atoms with E-state index in [0.717, 1.165) is 161 Å². The minimum Gasteiger partial charge on any atom is -0.454 e. The van der Waals surface area contributed by atoms with Crippen molar-refractivity contribution in [3.05, 3.63) is 146 Å². The second-order valence-corrected chi connectivity index (χ2v) is 22.4. The second-order valence-electron chi connectivity index (χ2n) is 22.4. The molecule has 1 rings (SSSR count). The van der Waals surface area contributed by atoms with Crippen molar-refractivity contribution in [3.63, 3.8) is 0 Å². The van der Waals surface area contributed by atoms with Crippen LogP contribution in [0.2, 0.25) is 0 Å². The molecule has 0 saturated carbocycles. The molecule has 0 radical (unpaired) electrons. The number of esters is 1. The van der Waals surface area contributed by atoms with E-state index >= 15 is 0 Å². The predicted octanol–water partition coefficient (Wildman–Crippen LogP) is 16.9. The third-order valence-electron chi connectivity index (χ3n) is 14.7. The van der Waals surface area contributed by atoms with Gasteiger partial charge >= 0.3 is 5.97 Å². The van der Waals surface area contributed by atoms with E-state index in [0.29, 0.717) is 12.8 Å². The maximum absolute atomic E-state index is 13.4. The maximum Gasteiger partial charge on any atom is 0.306 e. The van der Waals surface area contributed by atoms with Crippen LogP contribution in [0.15, 0.2) is 146 Å². The summed E-state index contributed by atoms with van der Waals surface area (Å²) < 4.78 is 17.6. The van der Waals surface area contributed by atoms with Crippen LogP contribution in [0.5, 0.6) is 0 Å². The van der Waals surface area contributed by atoms with Crippen molar-refractivity contribution < 1.29 is 49.3 Å². The van der Waals surface area contributed by atoms with Crippen molar-refractivity contribution in [1.82, 2.24) is 5.32 Å². The Kier molecular flexibility index (Phi) is 55.3. The van der Waals surface area contributed by atoms with E-state index < -0.39 is 67.4 Å². The topological polar surface area (TPSA) is 175 Å². The van der Waals surface area contributed by atoms with Gasteiger partial charge in [-0.05, 0) is 122 Å². The Hall–Kier alpha value is -4.46. The van der Waals surface area contributed by atoms with E-state index in [-0.39, 0.29) is 19.4 Å². The molecule has 1 fully saturated rings. The first-order chi connectivity index (χ1) is 41.7. The van der Waals surface area contributed by atoms with Crippen molar-refractivity contribution >= 4 is 11.9 Å². The molecular formula is C74H121NO10. The van der Waals surface area contributed by atoms with Gasteiger partial charge in [-0.3, -0.25) is 9.59 Å². The summed E-state index contributed by atoms with van der Waals surface area (Å²) in [6, 6.07) is -1.05. The fourth-order valence-corrected chi connectivity index (χ4v) is 9.50. The average molecular weight is 1180 g/mol. The molecule has 11 nitrogen and oxygen atoms in total. The SMILES string of the molecule is CC/C=C\C/C=C\C/C=C\C/C=C\C/C=C\C/C=C\CCCCCCCCC(=O)OC1C(OCC(NC(=O)C(O)CCCCCC/C=C\C/C=C\C/C=C\C/C=C\C/C=C\CC)C(O)/C=C/CCCCCCCCCCC)OC(CO)C(O)C1O. The van der Waals surface area contributed by atoms with Crippen molar-refractivity contribution in [3.8, 4) is 0 Å². The Balaban J connectivity index is 2.63. The zero-order chi connectivity index (χ0) is 61.7. The highest BCUT2D eigenvalue weighted by Gasteiger charge is 2.47. The molecule has 0 aliphatic carbocycles. The third-order valence-corrected chi connectivity index (χ3v) is 14.7. The molecule has 1 aliphatic heterocycles. The molecule has 11 heteroatoms. The van der Waals surface area contributed by atoms with Crippen LogP contribution < -0.4 is 5.32 Å². The number of carbonyl (C=O) groups is 2. The van der Waals surface area contributed by atoms with Gasteiger partial charge in [0.2, 0.25) is 5.91 Å². The van der Waals surface area contributed by atoms with Crippen molar-refractivity contribution in [2.45, 2.75) is 294 Å². The highest BCUT2D eigenvalue weighted by Crippen LogP contribution is 2.26. The second kappa shape index (κ2) is 59.9. The number of aliphatic hydroxyl groups is 5. The minimum atomic E-state index is -1.64. The van der Waals surface area contributed by atoms with E-state index in [2.05, 4.69) is 160 Å². The van der Waals surface area contributed by atoms with Gasteiger partial charge in [0.15, 0.2) is 12.4 Å². The molecular weight excluding hydrogens is 1060 g/mol. The maximum atomic E-state index is 13.4. The van der Waals surface area contributed by atoms with Gasteiger partial charge in [0.05, 0.1) is 25.4 Å². The predicted molar refractivity (Wildman–Crippen MR) is 356 cm³/mol. The van der Waals surface area contributed by atoms with Crippen LogP contribution in [-0.4, -0.2) is 99.6 Å². The van der Waals surface area contributed by atoms with E-state index in [1.165, 1.54) is 38.5 Å². The number of nitrogens with one attached hydrogen (secondary N) is 1. The molecule has 85 heavy (non-hydrogen) atoms. The number of unbranched alkanes of at least 4 members (excludes halogenated alkanes) is 19. The monoisotopic (exact) mass is 1180 g/mol. The summed E-state index contributed by atoms with van der Waals surface area (Å²) in [5.41, 5.74) is 0. The number of amides is 1. The Bertz CT molecular complexity index is 1940. The zero-order valence-electron chi connectivity index (χ0n) is 53.4. The van der Waals surface area contributed by atoms with Crippen LogP contribution in [0, 0.1) is 0 Å². The van der Waals surface area contributed by atoms with Crippen LogP contribution >= 0.6 is 0 Å². The number of rotatable bonds is 55. The number of aliphatic hydroxyl groups excluding tert-OH is 5. The number of hydrogen-bond donors (Lipinski definition) is 6. The molecule has 8 unspecified atom stereocenters. The van der Waals surface area contributed by atoms with Crippen LogP contribution in [0.1, 0.15) is 245 Å². The molecule has 0 bridgehead atoms. The Morgan fingerprint density at radius 3 is 1.27 bits per heavy atom. The first-order valence-corrected chi connectivity index (χ1v) is 33.6. The van der Waals surface area contributed by atoms with E-state index in [1.807, 2.05) is 6.08 Å². The molecule has 1 saturated heterocycles. The molecule has 0 aromatic rings. The van der Waals surface area contributed by atoms with E-state index in [4.69, 9.17) is 14.2 Å². The van der Waals surface area contributed by atoms with Gasteiger partial charge in [-0.15, -0.1) is 0 Å². The highest BCUT2D eigenvalue weighted by atomic mass is 16.7. The van der Waals surface area contributed by atoms with Crippen LogP contribution in [0.4, 0.5) is 0 Å². The Labute approximate surface area is 517 Å². The summed E-state index contributed by atoms with van der Waals surface area (Å²) >= 11 is 0. The quantitative estimate of drug-likeness (QED) is 0.0195. The summed E-state index contributed by atoms with van der Waals surface area (Å²) in [5, 5.41) is 57.1. The lowest BCUT2D eigenvalue weighted by Crippen LogP contribution is -2.61. The standard InChI is InChI=1S/C74H121NO10/c1-4-7-10-13-16-19-22-24-26-28-30-32-33-34-35-36-38-40-42-44-47-50-53-56-59-62-69(79)85-72-71(81)70(80)68(63-76)84-74(72)83-64-65(66(77)60-57-54-51-48-45-21-18-15-12-9-6-3)75-73(82)67(78)61-58-55-52-49-46-43-41-39-37-31-29-27-25-23-20-17-14-11-8-5-2/h7-8,10-11,16-17,19-20,24-27,30-32,34-35,37-38,40-41,43,57,60,65-68,70-72,74,76-78,80-81H,4-6,9,12-15,18,21-23,28-29,33,36,39,42,44-56,58-59,61-64H2,1-3H3,(H,75,82)/b10-7-,11-8-,19-16-,20-17-,26-24-,27-25-,32-30-,35-34-,37-31-,40-38-,43-41-,60-57+. The Morgan fingerprint density at radius 1 is 0.471 bits per heavy atom. The molecule has 8 atom stereocenters. The lowest BCUT2D eigenvalue weighted by atomic mass is 9.99. The van der Waals surface area contributed by atoms with Gasteiger partial charge < -0.3 is 45.1 Å². The molecule has 482 valence electrons. The zero-order valence-corrected chi connectivity index (χ0v) is 53.4. The molecule has 0 aromatic carbocycles. The molecule has 0 aromatic heterocycles. The normalized spacial score (nSPS) is 19.4. The van der Waals surface area contributed by atoms with Crippen molar-refractivity contribution in [1.29, 1.82) is 0 Å². The fraction of sp³-hybridized carbons (Fsp3) is 0.649. The lowest BCUT2D eigenvalue weighted by molar-refractivity contribution is -0.305. The molecule has 1 aliphatic rings. The first-order valence-electron chi connectivity index (χ1n) is 33.6. The summed E-state index contributed by atoms with van der Waals surface area (Å²) in [6.45, 7) is 5.53. The van der Waals surface area contributed by atoms with Crippen molar-refractivity contribution in [2.24, 2.45) is 0 Å². The summed E-state index contributed by atoms with van der Waals surface area (Å²) in [5.74, 6) is -1.24. The number of allylic oxidation sites excluding steroid dienone is 23. The average Bonchev–Trinajstić information content (AvgIpc) is 2.90. The van der Waals surface area contributed by atoms with Crippen LogP contribution in [0.3, 0.4) is 0 Å². The third kappa shape index (κ3) is 47.3. The summed E-state index contributed by atoms with van der Waals surface area (Å²) in [4.78, 5) is 26.6. The summed E-state index contributed by atoms with van der Waals surface area (Å²) in [7, 11) is 0. The molecule has 6 N–H and O–H groups in total. The van der Waals surface area contributed by atoms with Gasteiger partial charge in [-0.1, -0.05) is 263 Å². The van der Waals surface area contributed by atoms with Crippen LogP contribution in [-0.2, 0) is 23.8 Å². The van der Waals surface area contributed by atoms with E-state index in [1.54, 1.807) is 6.08 Å². The van der Waals surface area contributed by atoms with Gasteiger partial charge in [0.25, 0.3) is 0 Å². The van der Waals surface area contributed by atoms with Crippen molar-refractivity contribution in [2.75, 3.05) is 13.2 Å². The van der Waals surface area contributed by atoms with Gasteiger partial charge in [-0.2, -0.15) is 0 Å². The first kappa shape index (κ1) is 78.6. The largest absolute Gasteiger partial charge is 0.454 e. The summed E-state index contributed by atoms with van der Waals surface area (Å²) in [6.07, 6.45) is 75.9. The number of hydrogen-bond acceptors (Lipinski definition) is 10. The van der Waals surface area contributed by atoms with Gasteiger partial charge in [0, 0.05) is 6.42 Å². The molecule has 1 amide bonds. The highest BCUT2D eigenvalue weighted by molar-refractivity contribution is 5.80. The fourth-order valence-electron chi connectivity index (χ4n) is 9.50. The van der Waals surface area contributed by atoms with E-state index in [9.17, 15) is 35.1 Å². The molecule has 0 spiro atoms. The molecule has 1 heterocycles. The van der Waals surface area contributed by atoms with Gasteiger partial charge in [0.1, 0.15) is 24.4 Å². The lowest BCUT2D eigenvalue weighted by Gasteiger charge is -2.41. The number of carbonyl (C=O) groups excluding carboxylic acids is 2. The van der Waals surface area contributed by atoms with Gasteiger partial charge in [-0.25, -0.2) is 0 Å². The Morgan fingerprint density at radius 2 is 0.847 bits per heavy atom. The van der Waals surface area contributed by atoms with Crippen LogP contribution in [0.25, 0.3) is 0 Å². The smallest absolute Gasteiger partial charge is 0.306 e. The number of ether oxygens (including phenoxy) is 3. The minimum absolute atomic E-state index is 0.0946.